The first-order valence-corrected chi connectivity index (χ1v) is 6.15. The summed E-state index contributed by atoms with van der Waals surface area (Å²) in [5.74, 6) is 0. The average molecular weight is 222 g/mol. The lowest BCUT2D eigenvalue weighted by Gasteiger charge is -2.50. The predicted molar refractivity (Wildman–Crippen MR) is 63.3 cm³/mol. The summed E-state index contributed by atoms with van der Waals surface area (Å²) in [6, 6.07) is 6.68. The van der Waals surface area contributed by atoms with Gasteiger partial charge in [0.25, 0.3) is 0 Å². The highest BCUT2D eigenvalue weighted by atomic mass is 35.5. The summed E-state index contributed by atoms with van der Waals surface area (Å²) >= 11 is 6.09. The number of aryl methyl sites for hydroxylation is 1. The third-order valence-electron chi connectivity index (χ3n) is 4.29. The molecule has 3 rings (SSSR count). The molecule has 0 aromatic heterocycles. The lowest BCUT2D eigenvalue weighted by atomic mass is 9.56. The van der Waals surface area contributed by atoms with Crippen molar-refractivity contribution in [2.24, 2.45) is 5.73 Å². The molecule has 1 unspecified atom stereocenters. The van der Waals surface area contributed by atoms with Gasteiger partial charge in [-0.2, -0.15) is 0 Å². The van der Waals surface area contributed by atoms with E-state index in [2.05, 4.69) is 12.1 Å². The van der Waals surface area contributed by atoms with E-state index < -0.39 is 0 Å². The van der Waals surface area contributed by atoms with Crippen molar-refractivity contribution < 1.29 is 0 Å². The van der Waals surface area contributed by atoms with E-state index in [0.29, 0.717) is 6.04 Å². The molecule has 0 radical (unpaired) electrons. The van der Waals surface area contributed by atoms with Gasteiger partial charge in [-0.15, -0.1) is 0 Å². The molecule has 1 spiro atoms. The van der Waals surface area contributed by atoms with Gasteiger partial charge in [-0.3, -0.25) is 0 Å². The van der Waals surface area contributed by atoms with Gasteiger partial charge in [0, 0.05) is 16.5 Å². The normalized spacial score (nSPS) is 27.2. The zero-order chi connectivity index (χ0) is 10.5. The Bertz CT molecular complexity index is 396. The van der Waals surface area contributed by atoms with Crippen molar-refractivity contribution in [3.8, 4) is 0 Å². The molecule has 0 heterocycles. The Balaban J connectivity index is 2.14. The van der Waals surface area contributed by atoms with Crippen LogP contribution in [0.15, 0.2) is 18.2 Å². The minimum atomic E-state index is 0.276. The smallest absolute Gasteiger partial charge is 0.0409 e. The van der Waals surface area contributed by atoms with E-state index in [1.165, 1.54) is 30.4 Å². The van der Waals surface area contributed by atoms with E-state index in [4.69, 9.17) is 17.3 Å². The number of hydrogen-bond acceptors (Lipinski definition) is 1. The maximum absolute atomic E-state index is 6.30. The Hall–Kier alpha value is -0.530. The van der Waals surface area contributed by atoms with Crippen LogP contribution in [0.4, 0.5) is 0 Å². The molecule has 0 amide bonds. The number of halogens is 1. The Morgan fingerprint density at radius 2 is 2.13 bits per heavy atom. The Kier molecular flexibility index (Phi) is 2.08. The summed E-state index contributed by atoms with van der Waals surface area (Å²) in [4.78, 5) is 0. The van der Waals surface area contributed by atoms with Gasteiger partial charge >= 0.3 is 0 Å². The van der Waals surface area contributed by atoms with E-state index >= 15 is 0 Å². The molecule has 15 heavy (non-hydrogen) atoms. The van der Waals surface area contributed by atoms with Crippen molar-refractivity contribution in [3.63, 3.8) is 0 Å². The lowest BCUT2D eigenvalue weighted by molar-refractivity contribution is 0.176. The molecule has 0 bridgehead atoms. The van der Waals surface area contributed by atoms with Crippen LogP contribution in [-0.2, 0) is 11.8 Å². The Labute approximate surface area is 95.6 Å². The third-order valence-corrected chi connectivity index (χ3v) is 4.52. The minimum Gasteiger partial charge on any atom is -0.327 e. The van der Waals surface area contributed by atoms with Gasteiger partial charge in [0.1, 0.15) is 0 Å². The first-order chi connectivity index (χ1) is 7.22. The highest BCUT2D eigenvalue weighted by Crippen LogP contribution is 2.50. The minimum absolute atomic E-state index is 0.276. The van der Waals surface area contributed by atoms with E-state index in [1.54, 1.807) is 0 Å². The molecule has 2 aliphatic carbocycles. The number of rotatable bonds is 0. The van der Waals surface area contributed by atoms with E-state index in [1.807, 2.05) is 6.07 Å². The van der Waals surface area contributed by atoms with Gasteiger partial charge in [-0.1, -0.05) is 24.1 Å². The van der Waals surface area contributed by atoms with Gasteiger partial charge in [0.15, 0.2) is 0 Å². The number of hydrogen-bond donors (Lipinski definition) is 1. The molecule has 0 aliphatic heterocycles. The van der Waals surface area contributed by atoms with Crippen molar-refractivity contribution in [2.75, 3.05) is 0 Å². The fraction of sp³-hybridized carbons (Fsp3) is 0.538. The monoisotopic (exact) mass is 221 g/mol. The summed E-state index contributed by atoms with van der Waals surface area (Å²) in [5.41, 5.74) is 9.49. The molecule has 1 aromatic rings. The first-order valence-electron chi connectivity index (χ1n) is 5.77. The molecular formula is C13H16ClN. The zero-order valence-electron chi connectivity index (χ0n) is 8.80. The summed E-state index contributed by atoms with van der Waals surface area (Å²) in [6.45, 7) is 0. The van der Waals surface area contributed by atoms with Crippen LogP contribution in [0.5, 0.6) is 0 Å². The Morgan fingerprint density at radius 3 is 2.80 bits per heavy atom. The molecule has 1 atom stereocenters. The average Bonchev–Trinajstić information content (AvgIpc) is 2.14. The van der Waals surface area contributed by atoms with Gasteiger partial charge in [-0.05, 0) is 48.9 Å². The molecule has 1 aromatic carbocycles. The van der Waals surface area contributed by atoms with Gasteiger partial charge in [0.05, 0.1) is 0 Å². The molecule has 1 saturated carbocycles. The van der Waals surface area contributed by atoms with Crippen LogP contribution in [0.25, 0.3) is 0 Å². The largest absolute Gasteiger partial charge is 0.327 e. The van der Waals surface area contributed by atoms with E-state index in [-0.39, 0.29) is 5.41 Å². The second-order valence-electron chi connectivity index (χ2n) is 4.96. The second-order valence-corrected chi connectivity index (χ2v) is 5.39. The number of benzene rings is 1. The summed E-state index contributed by atoms with van der Waals surface area (Å²) in [5, 5.41) is 0.856. The van der Waals surface area contributed by atoms with Crippen molar-refractivity contribution >= 4 is 11.6 Å². The topological polar surface area (TPSA) is 26.0 Å². The van der Waals surface area contributed by atoms with Crippen molar-refractivity contribution in [2.45, 2.75) is 43.6 Å². The van der Waals surface area contributed by atoms with Crippen LogP contribution in [0.3, 0.4) is 0 Å². The molecule has 0 saturated heterocycles. The molecule has 1 nitrogen and oxygen atoms in total. The fourth-order valence-electron chi connectivity index (χ4n) is 3.22. The van der Waals surface area contributed by atoms with Crippen molar-refractivity contribution in [3.05, 3.63) is 34.3 Å². The maximum atomic E-state index is 6.30. The third kappa shape index (κ3) is 1.26. The van der Waals surface area contributed by atoms with Gasteiger partial charge < -0.3 is 5.73 Å². The summed E-state index contributed by atoms with van der Waals surface area (Å²) < 4.78 is 0. The van der Waals surface area contributed by atoms with E-state index in [0.717, 1.165) is 17.9 Å². The fourth-order valence-corrected chi connectivity index (χ4v) is 3.39. The van der Waals surface area contributed by atoms with Gasteiger partial charge in [0.2, 0.25) is 0 Å². The highest BCUT2D eigenvalue weighted by Gasteiger charge is 2.46. The molecule has 2 heteroatoms. The van der Waals surface area contributed by atoms with Crippen LogP contribution in [-0.4, -0.2) is 6.04 Å². The first kappa shape index (κ1) is 9.68. The van der Waals surface area contributed by atoms with Crippen LogP contribution < -0.4 is 5.73 Å². The zero-order valence-corrected chi connectivity index (χ0v) is 9.56. The predicted octanol–water partition coefficient (Wildman–Crippen LogP) is 3.04. The second kappa shape index (κ2) is 3.23. The van der Waals surface area contributed by atoms with Crippen LogP contribution in [0, 0.1) is 0 Å². The quantitative estimate of drug-likeness (QED) is 0.716. The highest BCUT2D eigenvalue weighted by molar-refractivity contribution is 6.30. The summed E-state index contributed by atoms with van der Waals surface area (Å²) in [7, 11) is 0. The Morgan fingerprint density at radius 1 is 1.33 bits per heavy atom. The van der Waals surface area contributed by atoms with Crippen LogP contribution in [0.2, 0.25) is 5.02 Å². The number of fused-ring (bicyclic) bond motifs is 2. The molecular weight excluding hydrogens is 206 g/mol. The number of nitrogens with two attached hydrogens (primary N) is 1. The van der Waals surface area contributed by atoms with Crippen LogP contribution in [0.1, 0.15) is 36.8 Å². The lowest BCUT2D eigenvalue weighted by Crippen LogP contribution is -2.53. The van der Waals surface area contributed by atoms with Crippen molar-refractivity contribution in [1.82, 2.24) is 0 Å². The molecule has 80 valence electrons. The molecule has 2 aliphatic rings. The molecule has 1 fully saturated rings. The van der Waals surface area contributed by atoms with Crippen molar-refractivity contribution in [1.29, 1.82) is 0 Å². The van der Waals surface area contributed by atoms with E-state index in [9.17, 15) is 0 Å². The summed E-state index contributed by atoms with van der Waals surface area (Å²) in [6.07, 6.45) is 6.08. The van der Waals surface area contributed by atoms with Crippen LogP contribution >= 0.6 is 11.6 Å². The maximum Gasteiger partial charge on any atom is 0.0409 e. The standard InChI is InChI=1S/C13H16ClN/c14-10-4-2-9-3-5-12(15)13(6-1-7-13)11(9)8-10/h2,4,8,12H,1,3,5-7,15H2. The molecule has 2 N–H and O–H groups in total. The SMILES string of the molecule is NC1CCc2ccc(Cl)cc2C12CCC2. The van der Waals surface area contributed by atoms with Gasteiger partial charge in [-0.25, -0.2) is 0 Å².